The molecule has 5 aromatic rings. The molecule has 4 aromatic carbocycles. The van der Waals surface area contributed by atoms with E-state index in [1.54, 1.807) is 0 Å². The highest BCUT2D eigenvalue weighted by Gasteiger charge is 2.43. The highest BCUT2D eigenvalue weighted by molar-refractivity contribution is 6.84. The van der Waals surface area contributed by atoms with E-state index in [9.17, 15) is 0 Å². The molecule has 0 saturated carbocycles. The van der Waals surface area contributed by atoms with Crippen LogP contribution in [-0.4, -0.2) is 12.0 Å². The van der Waals surface area contributed by atoms with Gasteiger partial charge in [-0.05, 0) is 72.4 Å². The van der Waals surface area contributed by atoms with Gasteiger partial charge >= 0.3 is 6.98 Å². The zero-order valence-corrected chi connectivity index (χ0v) is 21.2. The topological polar surface area (TPSA) is 19.4 Å². The van der Waals surface area contributed by atoms with Crippen LogP contribution in [-0.2, 0) is 0 Å². The van der Waals surface area contributed by atoms with Crippen LogP contribution in [0.2, 0.25) is 0 Å². The van der Waals surface area contributed by atoms with Crippen molar-refractivity contribution in [2.45, 2.75) is 19.3 Å². The minimum atomic E-state index is -0.0479. The number of nitrogens with zero attached hydrogens (tertiary/aromatic N) is 3. The van der Waals surface area contributed by atoms with E-state index >= 15 is 0 Å². The Kier molecular flexibility index (Phi) is 5.78. The minimum absolute atomic E-state index is 0.0479. The van der Waals surface area contributed by atoms with Crippen LogP contribution < -0.4 is 25.5 Å². The highest BCUT2D eigenvalue weighted by atomic mass is 15.3. The van der Waals surface area contributed by atoms with E-state index in [0.29, 0.717) is 0 Å². The molecule has 4 heteroatoms. The number of rotatable bonds is 3. The van der Waals surface area contributed by atoms with Gasteiger partial charge in [0, 0.05) is 28.2 Å². The summed E-state index contributed by atoms with van der Waals surface area (Å²) >= 11 is 0. The maximum atomic E-state index is 4.94. The molecule has 182 valence electrons. The molecule has 0 spiro atoms. The van der Waals surface area contributed by atoms with E-state index in [-0.39, 0.29) is 6.98 Å². The third-order valence-electron chi connectivity index (χ3n) is 7.56. The van der Waals surface area contributed by atoms with Gasteiger partial charge in [0.25, 0.3) is 0 Å². The van der Waals surface area contributed by atoms with E-state index < -0.39 is 0 Å². The monoisotopic (exact) mass is 489 g/mol. The molecule has 7 rings (SSSR count). The summed E-state index contributed by atoms with van der Waals surface area (Å²) < 4.78 is 0. The Morgan fingerprint density at radius 1 is 0.684 bits per heavy atom. The van der Waals surface area contributed by atoms with Crippen molar-refractivity contribution >= 4 is 58.2 Å². The van der Waals surface area contributed by atoms with Crippen molar-refractivity contribution in [3.8, 4) is 0 Å². The van der Waals surface area contributed by atoms with E-state index in [1.807, 2.05) is 6.20 Å². The Hall–Kier alpha value is -4.57. The highest BCUT2D eigenvalue weighted by Crippen LogP contribution is 2.46. The number of fused-ring (bicyclic) bond motifs is 4. The summed E-state index contributed by atoms with van der Waals surface area (Å²) in [5, 5.41) is 3.62. The summed E-state index contributed by atoms with van der Waals surface area (Å²) in [7, 11) is 0. The van der Waals surface area contributed by atoms with Crippen molar-refractivity contribution in [3.05, 3.63) is 132 Å². The average molecular weight is 489 g/mol. The molecule has 3 nitrogen and oxygen atoms in total. The van der Waals surface area contributed by atoms with Gasteiger partial charge in [-0.3, -0.25) is 4.98 Å². The van der Waals surface area contributed by atoms with Gasteiger partial charge in [-0.25, -0.2) is 0 Å². The van der Waals surface area contributed by atoms with E-state index in [1.165, 1.54) is 44.0 Å². The van der Waals surface area contributed by atoms with E-state index in [0.717, 1.165) is 24.8 Å². The first-order valence-corrected chi connectivity index (χ1v) is 13.4. The van der Waals surface area contributed by atoms with Crippen LogP contribution in [0.3, 0.4) is 0 Å². The lowest BCUT2D eigenvalue weighted by atomic mass is 9.64. The van der Waals surface area contributed by atoms with Crippen molar-refractivity contribution in [1.29, 1.82) is 0 Å². The molecule has 2 aliphatic rings. The Bertz CT molecular complexity index is 1760. The molecule has 1 aromatic heterocycles. The second-order valence-corrected chi connectivity index (χ2v) is 9.88. The lowest BCUT2D eigenvalue weighted by Gasteiger charge is -2.31. The molecule has 1 aliphatic carbocycles. The van der Waals surface area contributed by atoms with Gasteiger partial charge in [0.2, 0.25) is 0 Å². The average Bonchev–Trinajstić information content (AvgIpc) is 3.38. The van der Waals surface area contributed by atoms with Gasteiger partial charge in [0.05, 0.1) is 16.9 Å². The Labute approximate surface area is 223 Å². The minimum Gasteiger partial charge on any atom is -0.360 e. The summed E-state index contributed by atoms with van der Waals surface area (Å²) in [5.41, 5.74) is 7.03. The van der Waals surface area contributed by atoms with Crippen LogP contribution in [0.4, 0.5) is 22.7 Å². The molecule has 0 radical (unpaired) electrons. The number of allylic oxidation sites excluding steroid dienone is 2. The number of para-hydroxylation sites is 3. The molecule has 0 bridgehead atoms. The third-order valence-corrected chi connectivity index (χ3v) is 7.56. The molecular weight excluding hydrogens is 461 g/mol. The summed E-state index contributed by atoms with van der Waals surface area (Å²) in [6.07, 6.45) is 14.3. The van der Waals surface area contributed by atoms with Crippen LogP contribution in [0.1, 0.15) is 19.3 Å². The number of hydrogen-bond acceptors (Lipinski definition) is 3. The number of aromatic nitrogens is 1. The molecule has 1 aliphatic heterocycles. The third kappa shape index (κ3) is 3.81. The quantitative estimate of drug-likeness (QED) is 0.281. The number of pyridine rings is 1. The molecule has 38 heavy (non-hydrogen) atoms. The van der Waals surface area contributed by atoms with Gasteiger partial charge in [-0.2, -0.15) is 0 Å². The van der Waals surface area contributed by atoms with Crippen LogP contribution in [0.15, 0.2) is 121 Å². The SMILES string of the molecule is C1=C/CCC\C=c2/c(cc(N3B(c4ccccc4)N(c4ccccc4)c4ccccc43)c3cccnc23)=C\1. The fraction of sp³-hybridized carbons (Fsp3) is 0.0882. The summed E-state index contributed by atoms with van der Waals surface area (Å²) in [6.45, 7) is -0.0479. The molecule has 0 amide bonds. The van der Waals surface area contributed by atoms with E-state index in [2.05, 4.69) is 137 Å². The first-order chi connectivity index (χ1) is 18.9. The maximum absolute atomic E-state index is 4.94. The number of hydrogen-bond donors (Lipinski definition) is 0. The molecule has 0 N–H and O–H groups in total. The van der Waals surface area contributed by atoms with Crippen molar-refractivity contribution in [3.63, 3.8) is 0 Å². The summed E-state index contributed by atoms with van der Waals surface area (Å²) in [6, 6.07) is 37.0. The summed E-state index contributed by atoms with van der Waals surface area (Å²) in [4.78, 5) is 9.91. The molecule has 2 heterocycles. The zero-order chi connectivity index (χ0) is 25.3. The van der Waals surface area contributed by atoms with Crippen molar-refractivity contribution in [1.82, 2.24) is 4.98 Å². The van der Waals surface area contributed by atoms with Crippen LogP contribution >= 0.6 is 0 Å². The molecule has 0 atom stereocenters. The van der Waals surface area contributed by atoms with Crippen molar-refractivity contribution in [2.75, 3.05) is 9.62 Å². The van der Waals surface area contributed by atoms with Gasteiger partial charge < -0.3 is 9.62 Å². The fourth-order valence-electron chi connectivity index (χ4n) is 5.87. The first-order valence-electron chi connectivity index (χ1n) is 13.4. The molecular formula is C34H28BN3. The largest absolute Gasteiger partial charge is 0.420 e. The smallest absolute Gasteiger partial charge is 0.360 e. The Morgan fingerprint density at radius 3 is 2.24 bits per heavy atom. The first kappa shape index (κ1) is 22.6. The van der Waals surface area contributed by atoms with Gasteiger partial charge in [-0.15, -0.1) is 0 Å². The van der Waals surface area contributed by atoms with Crippen LogP contribution in [0, 0.1) is 0 Å². The second-order valence-electron chi connectivity index (χ2n) is 9.88. The molecule has 0 saturated heterocycles. The lowest BCUT2D eigenvalue weighted by Crippen LogP contribution is -2.53. The Balaban J connectivity index is 1.56. The van der Waals surface area contributed by atoms with Crippen molar-refractivity contribution < 1.29 is 0 Å². The lowest BCUT2D eigenvalue weighted by molar-refractivity contribution is 0.893. The predicted molar refractivity (Wildman–Crippen MR) is 162 cm³/mol. The maximum Gasteiger partial charge on any atom is 0.420 e. The zero-order valence-electron chi connectivity index (χ0n) is 21.2. The van der Waals surface area contributed by atoms with Gasteiger partial charge in [-0.1, -0.05) is 85.0 Å². The molecule has 0 unspecified atom stereocenters. The fourth-order valence-corrected chi connectivity index (χ4v) is 5.87. The Morgan fingerprint density at radius 2 is 1.42 bits per heavy atom. The second kappa shape index (κ2) is 9.72. The van der Waals surface area contributed by atoms with Gasteiger partial charge in [0.15, 0.2) is 0 Å². The van der Waals surface area contributed by atoms with Crippen LogP contribution in [0.5, 0.6) is 0 Å². The van der Waals surface area contributed by atoms with Crippen molar-refractivity contribution in [2.24, 2.45) is 0 Å². The van der Waals surface area contributed by atoms with Gasteiger partial charge in [0.1, 0.15) is 0 Å². The summed E-state index contributed by atoms with van der Waals surface area (Å²) in [5.74, 6) is 0. The standard InChI is InChI=1S/C34H28BN3/c1-2-6-15-26-25-33(30-21-14-24-36-34(30)29(26)20-11-3-1)38-32-23-13-12-22-31(32)37(28-18-9-5-10-19-28)35(38)27-16-7-4-8-17-27/h2,4-10,12-25H,1,3,11H2/b6-2-,26-15-,29-20+. The molecule has 0 fully saturated rings. The number of benzene rings is 4. The number of anilines is 4. The van der Waals surface area contributed by atoms with E-state index in [4.69, 9.17) is 4.98 Å². The normalized spacial score (nSPS) is 17.3. The van der Waals surface area contributed by atoms with Crippen LogP contribution in [0.25, 0.3) is 23.1 Å². The predicted octanol–water partition coefficient (Wildman–Crippen LogP) is 6.22.